The molecule has 0 unspecified atom stereocenters. The number of benzene rings is 1. The lowest BCUT2D eigenvalue weighted by atomic mass is 9.92. The van der Waals surface area contributed by atoms with Gasteiger partial charge in [-0.05, 0) is 18.8 Å². The van der Waals surface area contributed by atoms with Crippen molar-refractivity contribution in [1.29, 1.82) is 0 Å². The summed E-state index contributed by atoms with van der Waals surface area (Å²) >= 11 is 0. The Morgan fingerprint density at radius 1 is 1.23 bits per heavy atom. The van der Waals surface area contributed by atoms with Crippen molar-refractivity contribution < 1.29 is 18.8 Å². The predicted octanol–water partition coefficient (Wildman–Crippen LogP) is 2.98. The molecule has 8 nitrogen and oxygen atoms in total. The Labute approximate surface area is 149 Å². The number of amides is 1. The number of anilines is 1. The first-order valence-electron chi connectivity index (χ1n) is 8.53. The third-order valence-corrected chi connectivity index (χ3v) is 4.70. The molecule has 0 bridgehead atoms. The fraction of sp³-hybridized carbons (Fsp3) is 0.333. The van der Waals surface area contributed by atoms with Crippen LogP contribution in [0.15, 0.2) is 45.7 Å². The Balaban J connectivity index is 1.78. The van der Waals surface area contributed by atoms with Gasteiger partial charge in [-0.2, -0.15) is 0 Å². The molecule has 2 aromatic heterocycles. The van der Waals surface area contributed by atoms with E-state index in [1.165, 1.54) is 0 Å². The van der Waals surface area contributed by atoms with Gasteiger partial charge in [0.25, 0.3) is 5.91 Å². The van der Waals surface area contributed by atoms with E-state index < -0.39 is 12.6 Å². The topological polar surface area (TPSA) is 105 Å². The molecule has 1 aromatic carbocycles. The van der Waals surface area contributed by atoms with Crippen LogP contribution in [0.2, 0.25) is 0 Å². The normalized spacial score (nSPS) is 14.7. The third kappa shape index (κ3) is 2.88. The average molecular weight is 354 g/mol. The summed E-state index contributed by atoms with van der Waals surface area (Å²) in [5.74, 6) is 0.271. The molecule has 4 rings (SSSR count). The van der Waals surface area contributed by atoms with Gasteiger partial charge in [0.15, 0.2) is 11.5 Å². The summed E-state index contributed by atoms with van der Waals surface area (Å²) in [4.78, 5) is 14.0. The van der Waals surface area contributed by atoms with Crippen LogP contribution in [0.25, 0.3) is 11.3 Å². The molecule has 1 saturated carbocycles. The van der Waals surface area contributed by atoms with Gasteiger partial charge in [0, 0.05) is 11.1 Å². The summed E-state index contributed by atoms with van der Waals surface area (Å²) in [7, 11) is 0. The maximum atomic E-state index is 13.0. The van der Waals surface area contributed by atoms with Crippen molar-refractivity contribution in [3.63, 3.8) is 0 Å². The molecule has 1 aliphatic rings. The fourth-order valence-corrected chi connectivity index (χ4v) is 3.47. The smallest absolute Gasteiger partial charge is 0.327 e. The van der Waals surface area contributed by atoms with Crippen molar-refractivity contribution >= 4 is 11.9 Å². The minimum atomic E-state index is -0.599. The lowest BCUT2D eigenvalue weighted by Gasteiger charge is -2.16. The van der Waals surface area contributed by atoms with E-state index in [0.29, 0.717) is 5.76 Å². The monoisotopic (exact) mass is 354 g/mol. The van der Waals surface area contributed by atoms with Crippen LogP contribution in [-0.2, 0) is 0 Å². The van der Waals surface area contributed by atoms with Crippen LogP contribution in [0.4, 0.5) is 6.01 Å². The quantitative estimate of drug-likeness (QED) is 0.702. The highest BCUT2D eigenvalue weighted by Gasteiger charge is 2.34. The standard InChI is InChI=1S/C18H18N4O4/c23-11-22(18-20-19-10-25-18)17(24)15-14(12-6-4-5-7-12)16(26-21-15)13-8-2-1-3-9-13/h1-3,8-10,12,23H,4-7,11H2. The number of aromatic nitrogens is 3. The Morgan fingerprint density at radius 2 is 2.00 bits per heavy atom. The van der Waals surface area contributed by atoms with Crippen molar-refractivity contribution in [2.24, 2.45) is 0 Å². The maximum absolute atomic E-state index is 13.0. The summed E-state index contributed by atoms with van der Waals surface area (Å²) in [6.45, 7) is -0.599. The number of carbonyl (C=O) groups is 1. The molecule has 1 N–H and O–H groups in total. The summed E-state index contributed by atoms with van der Waals surface area (Å²) < 4.78 is 10.6. The Hall–Kier alpha value is -3.00. The minimum absolute atomic E-state index is 0.0841. The zero-order valence-corrected chi connectivity index (χ0v) is 14.0. The van der Waals surface area contributed by atoms with Crippen LogP contribution in [0, 0.1) is 0 Å². The van der Waals surface area contributed by atoms with Crippen LogP contribution >= 0.6 is 0 Å². The van der Waals surface area contributed by atoms with E-state index >= 15 is 0 Å². The second-order valence-electron chi connectivity index (χ2n) is 6.22. The van der Waals surface area contributed by atoms with Gasteiger partial charge in [0.1, 0.15) is 6.73 Å². The minimum Gasteiger partial charge on any atom is -0.410 e. The molecule has 3 aromatic rings. The van der Waals surface area contributed by atoms with Crippen LogP contribution in [-0.4, -0.2) is 33.1 Å². The number of hydrogen-bond acceptors (Lipinski definition) is 7. The zero-order chi connectivity index (χ0) is 17.9. The van der Waals surface area contributed by atoms with E-state index in [9.17, 15) is 9.90 Å². The molecule has 0 spiro atoms. The van der Waals surface area contributed by atoms with Gasteiger partial charge in [-0.3, -0.25) is 4.79 Å². The van der Waals surface area contributed by atoms with E-state index in [2.05, 4.69) is 15.4 Å². The average Bonchev–Trinajstić information content (AvgIpc) is 3.43. The van der Waals surface area contributed by atoms with Crippen molar-refractivity contribution in [1.82, 2.24) is 15.4 Å². The first-order chi connectivity index (χ1) is 12.8. The van der Waals surface area contributed by atoms with Gasteiger partial charge < -0.3 is 14.0 Å². The number of carbonyl (C=O) groups excluding carboxylic acids is 1. The molecular formula is C18H18N4O4. The molecule has 1 aliphatic carbocycles. The van der Waals surface area contributed by atoms with Crippen LogP contribution in [0.1, 0.15) is 47.7 Å². The molecule has 1 fully saturated rings. The number of rotatable bonds is 5. The first-order valence-corrected chi connectivity index (χ1v) is 8.53. The highest BCUT2D eigenvalue weighted by Crippen LogP contribution is 2.41. The molecule has 2 heterocycles. The lowest BCUT2D eigenvalue weighted by Crippen LogP contribution is -2.33. The maximum Gasteiger partial charge on any atom is 0.327 e. The van der Waals surface area contributed by atoms with E-state index in [1.807, 2.05) is 30.3 Å². The van der Waals surface area contributed by atoms with Gasteiger partial charge in [-0.15, -0.1) is 5.10 Å². The predicted molar refractivity (Wildman–Crippen MR) is 91.3 cm³/mol. The Bertz CT molecular complexity index is 870. The molecular weight excluding hydrogens is 336 g/mol. The fourth-order valence-electron chi connectivity index (χ4n) is 3.47. The Morgan fingerprint density at radius 3 is 2.65 bits per heavy atom. The molecule has 1 amide bonds. The van der Waals surface area contributed by atoms with Gasteiger partial charge in [0.05, 0.1) is 0 Å². The first kappa shape index (κ1) is 16.5. The zero-order valence-electron chi connectivity index (χ0n) is 14.0. The molecule has 134 valence electrons. The molecule has 0 saturated heterocycles. The summed E-state index contributed by atoms with van der Waals surface area (Å²) in [5.41, 5.74) is 1.84. The van der Waals surface area contributed by atoms with Crippen molar-refractivity contribution in [2.45, 2.75) is 31.6 Å². The molecule has 8 heteroatoms. The van der Waals surface area contributed by atoms with Crippen molar-refractivity contribution in [2.75, 3.05) is 11.6 Å². The highest BCUT2D eigenvalue weighted by molar-refractivity contribution is 6.05. The van der Waals surface area contributed by atoms with Crippen LogP contribution in [0.5, 0.6) is 0 Å². The van der Waals surface area contributed by atoms with Gasteiger partial charge in [0.2, 0.25) is 6.39 Å². The van der Waals surface area contributed by atoms with E-state index in [0.717, 1.165) is 48.1 Å². The van der Waals surface area contributed by atoms with E-state index in [4.69, 9.17) is 8.94 Å². The summed E-state index contributed by atoms with van der Waals surface area (Å²) in [6.07, 6.45) is 5.25. The number of hydrogen-bond donors (Lipinski definition) is 1. The number of aliphatic hydroxyl groups is 1. The highest BCUT2D eigenvalue weighted by atomic mass is 16.5. The van der Waals surface area contributed by atoms with Crippen LogP contribution < -0.4 is 4.90 Å². The summed E-state index contributed by atoms with van der Waals surface area (Å²) in [5, 5.41) is 20.9. The van der Waals surface area contributed by atoms with Crippen LogP contribution in [0.3, 0.4) is 0 Å². The molecule has 0 radical (unpaired) electrons. The van der Waals surface area contributed by atoms with Gasteiger partial charge in [-0.25, -0.2) is 4.90 Å². The Kier molecular flexibility index (Phi) is 4.49. The number of aliphatic hydroxyl groups excluding tert-OH is 1. The van der Waals surface area contributed by atoms with E-state index in [-0.39, 0.29) is 17.6 Å². The molecule has 0 aliphatic heterocycles. The van der Waals surface area contributed by atoms with Gasteiger partial charge in [-0.1, -0.05) is 53.4 Å². The molecule has 0 atom stereocenters. The van der Waals surface area contributed by atoms with Crippen molar-refractivity contribution in [3.8, 4) is 11.3 Å². The second kappa shape index (κ2) is 7.09. The second-order valence-corrected chi connectivity index (χ2v) is 6.22. The lowest BCUT2D eigenvalue weighted by molar-refractivity contribution is 0.0942. The SMILES string of the molecule is O=C(c1noc(-c2ccccc2)c1C1CCCC1)N(CO)c1nnco1. The van der Waals surface area contributed by atoms with Gasteiger partial charge >= 0.3 is 6.01 Å². The molecule has 26 heavy (non-hydrogen) atoms. The summed E-state index contributed by atoms with van der Waals surface area (Å²) in [6, 6.07) is 9.51. The third-order valence-electron chi connectivity index (χ3n) is 4.70. The number of nitrogens with zero attached hydrogens (tertiary/aromatic N) is 4. The van der Waals surface area contributed by atoms with Crippen molar-refractivity contribution in [3.05, 3.63) is 48.0 Å². The largest absolute Gasteiger partial charge is 0.410 e. The van der Waals surface area contributed by atoms with E-state index in [1.54, 1.807) is 0 Å².